The summed E-state index contributed by atoms with van der Waals surface area (Å²) in [5.41, 5.74) is 4.37. The van der Waals surface area contributed by atoms with Crippen LogP contribution in [-0.4, -0.2) is 26.1 Å². The summed E-state index contributed by atoms with van der Waals surface area (Å²) in [5.74, 6) is 0.922. The Bertz CT molecular complexity index is 1150. The molecule has 0 saturated heterocycles. The van der Waals surface area contributed by atoms with Crippen molar-refractivity contribution in [2.45, 2.75) is 30.5 Å². The summed E-state index contributed by atoms with van der Waals surface area (Å²) >= 11 is 1.61. The first-order valence-corrected chi connectivity index (χ1v) is 10.4. The summed E-state index contributed by atoms with van der Waals surface area (Å²) in [6.07, 6.45) is 3.27. The second kappa shape index (κ2) is 8.45. The van der Waals surface area contributed by atoms with Crippen LogP contribution in [-0.2, 0) is 5.75 Å². The molecule has 2 heterocycles. The molecule has 0 atom stereocenters. The summed E-state index contributed by atoms with van der Waals surface area (Å²) in [5, 5.41) is 11.7. The van der Waals surface area contributed by atoms with Crippen molar-refractivity contribution in [1.29, 1.82) is 0 Å². The number of anilines is 1. The number of nitrogens with zero attached hydrogens (tertiary/aromatic N) is 3. The fraction of sp³-hybridized carbons (Fsp3) is 0.182. The van der Waals surface area contributed by atoms with Crippen LogP contribution in [0, 0.1) is 0 Å². The SMILES string of the molecule is CC(C)c1ccccc1C(=O)Nc1cccc(CSc2ncnc3[nH]ncc23)c1. The van der Waals surface area contributed by atoms with E-state index in [0.29, 0.717) is 5.56 Å². The second-order valence-electron chi connectivity index (χ2n) is 7.00. The lowest BCUT2D eigenvalue weighted by atomic mass is 9.97. The zero-order valence-corrected chi connectivity index (χ0v) is 17.0. The topological polar surface area (TPSA) is 83.6 Å². The van der Waals surface area contributed by atoms with Crippen LogP contribution < -0.4 is 5.32 Å². The molecule has 2 aromatic heterocycles. The van der Waals surface area contributed by atoms with E-state index in [9.17, 15) is 4.79 Å². The molecule has 0 spiro atoms. The number of aromatic amines is 1. The van der Waals surface area contributed by atoms with Crippen molar-refractivity contribution >= 4 is 34.4 Å². The predicted molar refractivity (Wildman–Crippen MR) is 116 cm³/mol. The predicted octanol–water partition coefficient (Wildman–Crippen LogP) is 5.02. The summed E-state index contributed by atoms with van der Waals surface area (Å²) in [6, 6.07) is 15.6. The molecule has 0 saturated carbocycles. The van der Waals surface area contributed by atoms with Crippen LogP contribution in [0.4, 0.5) is 5.69 Å². The van der Waals surface area contributed by atoms with Crippen molar-refractivity contribution < 1.29 is 4.79 Å². The molecular weight excluding hydrogens is 382 g/mol. The van der Waals surface area contributed by atoms with Gasteiger partial charge in [-0.1, -0.05) is 44.2 Å². The first-order valence-electron chi connectivity index (χ1n) is 9.38. The summed E-state index contributed by atoms with van der Waals surface area (Å²) in [4.78, 5) is 21.3. The minimum atomic E-state index is -0.0880. The maximum Gasteiger partial charge on any atom is 0.255 e. The molecule has 146 valence electrons. The van der Waals surface area contributed by atoms with Crippen LogP contribution in [0.2, 0.25) is 0 Å². The van der Waals surface area contributed by atoms with Gasteiger partial charge in [0.1, 0.15) is 11.4 Å². The first kappa shape index (κ1) is 19.1. The van der Waals surface area contributed by atoms with E-state index in [1.54, 1.807) is 18.0 Å². The zero-order chi connectivity index (χ0) is 20.2. The highest BCUT2D eigenvalue weighted by molar-refractivity contribution is 7.98. The molecule has 0 fully saturated rings. The van der Waals surface area contributed by atoms with Crippen LogP contribution >= 0.6 is 11.8 Å². The number of nitrogens with one attached hydrogen (secondary N) is 2. The maximum atomic E-state index is 12.8. The van der Waals surface area contributed by atoms with Gasteiger partial charge in [-0.05, 0) is 35.2 Å². The number of carbonyl (C=O) groups is 1. The van der Waals surface area contributed by atoms with E-state index in [-0.39, 0.29) is 11.8 Å². The molecule has 4 aromatic rings. The van der Waals surface area contributed by atoms with Gasteiger partial charge in [0.2, 0.25) is 0 Å². The molecule has 0 aliphatic carbocycles. The van der Waals surface area contributed by atoms with Crippen LogP contribution in [0.15, 0.2) is 66.1 Å². The Kier molecular flexibility index (Phi) is 5.57. The monoisotopic (exact) mass is 403 g/mol. The Hall–Kier alpha value is -3.19. The van der Waals surface area contributed by atoms with Gasteiger partial charge in [-0.15, -0.1) is 11.8 Å². The first-order chi connectivity index (χ1) is 14.1. The summed E-state index contributed by atoms with van der Waals surface area (Å²) in [7, 11) is 0. The van der Waals surface area contributed by atoms with Gasteiger partial charge >= 0.3 is 0 Å². The van der Waals surface area contributed by atoms with Crippen molar-refractivity contribution in [2.24, 2.45) is 0 Å². The minimum absolute atomic E-state index is 0.0880. The number of thioether (sulfide) groups is 1. The number of benzene rings is 2. The minimum Gasteiger partial charge on any atom is -0.322 e. The van der Waals surface area contributed by atoms with Gasteiger partial charge in [-0.2, -0.15) is 5.10 Å². The molecule has 6 nitrogen and oxygen atoms in total. The van der Waals surface area contributed by atoms with E-state index < -0.39 is 0 Å². The van der Waals surface area contributed by atoms with Gasteiger partial charge in [0.15, 0.2) is 5.65 Å². The Morgan fingerprint density at radius 3 is 2.86 bits per heavy atom. The molecule has 4 rings (SSSR count). The van der Waals surface area contributed by atoms with Crippen molar-refractivity contribution in [2.75, 3.05) is 5.32 Å². The van der Waals surface area contributed by atoms with E-state index >= 15 is 0 Å². The second-order valence-corrected chi connectivity index (χ2v) is 7.96. The fourth-order valence-electron chi connectivity index (χ4n) is 3.15. The van der Waals surface area contributed by atoms with Crippen molar-refractivity contribution in [1.82, 2.24) is 20.2 Å². The lowest BCUT2D eigenvalue weighted by Crippen LogP contribution is -2.14. The van der Waals surface area contributed by atoms with Gasteiger partial charge in [0, 0.05) is 17.0 Å². The van der Waals surface area contributed by atoms with Crippen molar-refractivity contribution in [3.63, 3.8) is 0 Å². The molecular formula is C22H21N5OS. The summed E-state index contributed by atoms with van der Waals surface area (Å²) in [6.45, 7) is 4.18. The Morgan fingerprint density at radius 1 is 1.14 bits per heavy atom. The lowest BCUT2D eigenvalue weighted by Gasteiger charge is -2.13. The molecule has 0 aliphatic rings. The van der Waals surface area contributed by atoms with Gasteiger partial charge in [0.05, 0.1) is 11.6 Å². The summed E-state index contributed by atoms with van der Waals surface area (Å²) < 4.78 is 0. The van der Waals surface area contributed by atoms with Gasteiger partial charge in [-0.25, -0.2) is 9.97 Å². The molecule has 0 aliphatic heterocycles. The molecule has 2 aromatic carbocycles. The number of H-pyrrole nitrogens is 1. The number of carbonyl (C=O) groups excluding carboxylic acids is 1. The molecule has 0 bridgehead atoms. The zero-order valence-electron chi connectivity index (χ0n) is 16.2. The highest BCUT2D eigenvalue weighted by atomic mass is 32.2. The molecule has 2 N–H and O–H groups in total. The quantitative estimate of drug-likeness (QED) is 0.349. The third kappa shape index (κ3) is 4.30. The number of aromatic nitrogens is 4. The molecule has 0 unspecified atom stereocenters. The number of fused-ring (bicyclic) bond motifs is 1. The van der Waals surface area contributed by atoms with E-state index in [1.165, 1.54) is 6.33 Å². The highest BCUT2D eigenvalue weighted by Crippen LogP contribution is 2.27. The van der Waals surface area contributed by atoms with Crippen molar-refractivity contribution in [3.8, 4) is 0 Å². The smallest absolute Gasteiger partial charge is 0.255 e. The van der Waals surface area contributed by atoms with E-state index in [4.69, 9.17) is 0 Å². The van der Waals surface area contributed by atoms with Gasteiger partial charge in [-0.3, -0.25) is 9.89 Å². The van der Waals surface area contributed by atoms with Gasteiger partial charge in [0.25, 0.3) is 5.91 Å². The van der Waals surface area contributed by atoms with Gasteiger partial charge < -0.3 is 5.32 Å². The normalized spacial score (nSPS) is 11.1. The third-order valence-corrected chi connectivity index (χ3v) is 5.68. The maximum absolute atomic E-state index is 12.8. The Labute approximate surface area is 173 Å². The molecule has 29 heavy (non-hydrogen) atoms. The Morgan fingerprint density at radius 2 is 2.00 bits per heavy atom. The largest absolute Gasteiger partial charge is 0.322 e. The van der Waals surface area contributed by atoms with Crippen LogP contribution in [0.25, 0.3) is 11.0 Å². The number of hydrogen-bond donors (Lipinski definition) is 2. The van der Waals surface area contributed by atoms with Crippen molar-refractivity contribution in [3.05, 3.63) is 77.7 Å². The third-order valence-electron chi connectivity index (χ3n) is 4.60. The van der Waals surface area contributed by atoms with E-state index in [2.05, 4.69) is 39.3 Å². The van der Waals surface area contributed by atoms with E-state index in [0.717, 1.165) is 38.6 Å². The highest BCUT2D eigenvalue weighted by Gasteiger charge is 2.13. The molecule has 0 radical (unpaired) electrons. The van der Waals surface area contributed by atoms with E-state index in [1.807, 2.05) is 48.5 Å². The standard InChI is InChI=1S/C22H21N5OS/c1-14(2)17-8-3-4-9-18(17)21(28)26-16-7-5-6-15(10-16)12-29-22-19-11-25-27-20(19)23-13-24-22/h3-11,13-14H,12H2,1-2H3,(H,26,28)(H,23,24,25,27). The van der Waals surface area contributed by atoms with Crippen LogP contribution in [0.3, 0.4) is 0 Å². The average Bonchev–Trinajstić information content (AvgIpc) is 3.22. The Balaban J connectivity index is 1.48. The lowest BCUT2D eigenvalue weighted by molar-refractivity contribution is 0.102. The number of amides is 1. The molecule has 7 heteroatoms. The fourth-order valence-corrected chi connectivity index (χ4v) is 4.06. The molecule has 1 amide bonds. The number of hydrogen-bond acceptors (Lipinski definition) is 5. The van der Waals surface area contributed by atoms with Crippen LogP contribution in [0.1, 0.15) is 41.3 Å². The van der Waals surface area contributed by atoms with Crippen LogP contribution in [0.5, 0.6) is 0 Å². The average molecular weight is 404 g/mol. The number of rotatable bonds is 6.